The number of benzene rings is 1. The van der Waals surface area contributed by atoms with Gasteiger partial charge in [0.05, 0.1) is 11.2 Å². The highest BCUT2D eigenvalue weighted by atomic mass is 19.4. The van der Waals surface area contributed by atoms with E-state index in [4.69, 9.17) is 0 Å². The van der Waals surface area contributed by atoms with Crippen molar-refractivity contribution in [3.63, 3.8) is 0 Å². The standard InChI is InChI=1S/C15H17F3O/c16-15(17,18)13-3-1-2-12(7-13)14(19)8-10-4-5-11(6-10)9-14/h1-3,7,10-11,19H,4-6,8-9H2/t10-,11+,14?. The lowest BCUT2D eigenvalue weighted by Crippen LogP contribution is -2.33. The highest BCUT2D eigenvalue weighted by molar-refractivity contribution is 5.30. The fraction of sp³-hybridized carbons (Fsp3) is 0.600. The van der Waals surface area contributed by atoms with Crippen LogP contribution >= 0.6 is 0 Å². The monoisotopic (exact) mass is 270 g/mol. The predicted octanol–water partition coefficient (Wildman–Crippen LogP) is 4.10. The zero-order chi connectivity index (χ0) is 13.7. The molecular weight excluding hydrogens is 253 g/mol. The van der Waals surface area contributed by atoms with Crippen molar-refractivity contribution in [2.45, 2.75) is 43.9 Å². The molecule has 2 bridgehead atoms. The van der Waals surface area contributed by atoms with Gasteiger partial charge in [-0.2, -0.15) is 13.2 Å². The van der Waals surface area contributed by atoms with Gasteiger partial charge in [0.1, 0.15) is 0 Å². The quantitative estimate of drug-likeness (QED) is 0.814. The van der Waals surface area contributed by atoms with Crippen LogP contribution in [0.1, 0.15) is 43.2 Å². The Morgan fingerprint density at radius 2 is 1.74 bits per heavy atom. The fourth-order valence-electron chi connectivity index (χ4n) is 3.81. The Labute approximate surface area is 110 Å². The third-order valence-electron chi connectivity index (χ3n) is 4.63. The normalized spacial score (nSPS) is 34.5. The largest absolute Gasteiger partial charge is 0.416 e. The first kappa shape index (κ1) is 13.0. The maximum atomic E-state index is 12.7. The summed E-state index contributed by atoms with van der Waals surface area (Å²) in [6, 6.07) is 5.20. The van der Waals surface area contributed by atoms with Crippen molar-refractivity contribution in [3.05, 3.63) is 35.4 Å². The van der Waals surface area contributed by atoms with E-state index in [0.717, 1.165) is 31.4 Å². The maximum Gasteiger partial charge on any atom is 0.416 e. The van der Waals surface area contributed by atoms with Crippen LogP contribution in [0.2, 0.25) is 0 Å². The molecule has 1 aromatic carbocycles. The first-order chi connectivity index (χ1) is 8.87. The molecule has 0 aliphatic heterocycles. The number of rotatable bonds is 1. The Kier molecular flexibility index (Phi) is 2.89. The van der Waals surface area contributed by atoms with Gasteiger partial charge < -0.3 is 5.11 Å². The summed E-state index contributed by atoms with van der Waals surface area (Å²) in [7, 11) is 0. The lowest BCUT2D eigenvalue weighted by Gasteiger charge is -2.37. The third-order valence-corrected chi connectivity index (χ3v) is 4.63. The zero-order valence-corrected chi connectivity index (χ0v) is 10.6. The van der Waals surface area contributed by atoms with Crippen molar-refractivity contribution >= 4 is 0 Å². The number of alkyl halides is 3. The fourth-order valence-corrected chi connectivity index (χ4v) is 3.81. The molecule has 2 aliphatic rings. The van der Waals surface area contributed by atoms with Gasteiger partial charge in [-0.3, -0.25) is 0 Å². The minimum atomic E-state index is -4.35. The Balaban J connectivity index is 1.93. The van der Waals surface area contributed by atoms with Crippen LogP contribution in [0.25, 0.3) is 0 Å². The zero-order valence-electron chi connectivity index (χ0n) is 10.6. The topological polar surface area (TPSA) is 20.2 Å². The number of hydrogen-bond donors (Lipinski definition) is 1. The molecule has 1 unspecified atom stereocenters. The molecule has 2 fully saturated rings. The van der Waals surface area contributed by atoms with Crippen molar-refractivity contribution in [1.82, 2.24) is 0 Å². The lowest BCUT2D eigenvalue weighted by atomic mass is 9.74. The van der Waals surface area contributed by atoms with E-state index >= 15 is 0 Å². The van der Waals surface area contributed by atoms with Crippen molar-refractivity contribution in [1.29, 1.82) is 0 Å². The summed E-state index contributed by atoms with van der Waals surface area (Å²) >= 11 is 0. The molecule has 1 aromatic rings. The number of aliphatic hydroxyl groups is 1. The summed E-state index contributed by atoms with van der Waals surface area (Å²) in [4.78, 5) is 0. The number of fused-ring (bicyclic) bond motifs is 2. The van der Waals surface area contributed by atoms with Crippen LogP contribution in [0.5, 0.6) is 0 Å². The highest BCUT2D eigenvalue weighted by Crippen LogP contribution is 2.50. The van der Waals surface area contributed by atoms with Gasteiger partial charge in [0.15, 0.2) is 0 Å². The van der Waals surface area contributed by atoms with Gasteiger partial charge in [0.2, 0.25) is 0 Å². The van der Waals surface area contributed by atoms with Gasteiger partial charge in [-0.05, 0) is 48.8 Å². The molecule has 2 saturated carbocycles. The van der Waals surface area contributed by atoms with Crippen molar-refractivity contribution < 1.29 is 18.3 Å². The summed E-state index contributed by atoms with van der Waals surface area (Å²) in [5, 5.41) is 10.7. The van der Waals surface area contributed by atoms with Crippen molar-refractivity contribution in [2.24, 2.45) is 11.8 Å². The van der Waals surface area contributed by atoms with Gasteiger partial charge in [0, 0.05) is 0 Å². The summed E-state index contributed by atoms with van der Waals surface area (Å²) < 4.78 is 38.2. The summed E-state index contributed by atoms with van der Waals surface area (Å²) in [6.07, 6.45) is 0.189. The molecule has 19 heavy (non-hydrogen) atoms. The van der Waals surface area contributed by atoms with Gasteiger partial charge >= 0.3 is 6.18 Å². The Morgan fingerprint density at radius 3 is 2.32 bits per heavy atom. The second-order valence-corrected chi connectivity index (χ2v) is 6.06. The van der Waals surface area contributed by atoms with E-state index in [2.05, 4.69) is 0 Å². The number of halogens is 3. The maximum absolute atomic E-state index is 12.7. The molecule has 3 atom stereocenters. The lowest BCUT2D eigenvalue weighted by molar-refractivity contribution is -0.137. The third kappa shape index (κ3) is 2.38. The average Bonchev–Trinajstić information content (AvgIpc) is 2.68. The van der Waals surface area contributed by atoms with Crippen LogP contribution in [-0.2, 0) is 11.8 Å². The molecule has 104 valence electrons. The second-order valence-electron chi connectivity index (χ2n) is 6.06. The minimum Gasteiger partial charge on any atom is -0.385 e. The SMILES string of the molecule is OC1(c2cccc(C(F)(F)F)c2)C[C@@H]2CC[C@@H](C2)C1. The van der Waals surface area contributed by atoms with Crippen LogP contribution in [0, 0.1) is 11.8 Å². The average molecular weight is 270 g/mol. The van der Waals surface area contributed by atoms with E-state index in [-0.39, 0.29) is 0 Å². The van der Waals surface area contributed by atoms with Gasteiger partial charge in [-0.25, -0.2) is 0 Å². The van der Waals surface area contributed by atoms with Crippen LogP contribution in [0.15, 0.2) is 24.3 Å². The Hall–Kier alpha value is -1.03. The summed E-state index contributed by atoms with van der Waals surface area (Å²) in [5.41, 5.74) is -1.30. The van der Waals surface area contributed by atoms with Crippen LogP contribution < -0.4 is 0 Å². The Morgan fingerprint density at radius 1 is 1.11 bits per heavy atom. The van der Waals surface area contributed by atoms with Crippen LogP contribution in [0.3, 0.4) is 0 Å². The molecule has 0 spiro atoms. The minimum absolute atomic E-state index is 0.430. The van der Waals surface area contributed by atoms with Gasteiger partial charge in [-0.1, -0.05) is 25.0 Å². The molecule has 2 aliphatic carbocycles. The van der Waals surface area contributed by atoms with E-state index in [1.165, 1.54) is 6.07 Å². The highest BCUT2D eigenvalue weighted by Gasteiger charge is 2.44. The smallest absolute Gasteiger partial charge is 0.385 e. The molecule has 0 heterocycles. The van der Waals surface area contributed by atoms with Gasteiger partial charge in [-0.15, -0.1) is 0 Å². The Bertz CT molecular complexity index is 469. The molecule has 1 nitrogen and oxygen atoms in total. The summed E-state index contributed by atoms with van der Waals surface area (Å²) in [5.74, 6) is 0.941. The van der Waals surface area contributed by atoms with Crippen molar-refractivity contribution in [2.75, 3.05) is 0 Å². The summed E-state index contributed by atoms with van der Waals surface area (Å²) in [6.45, 7) is 0. The van der Waals surface area contributed by atoms with Crippen molar-refractivity contribution in [3.8, 4) is 0 Å². The van der Waals surface area contributed by atoms with E-state index in [1.54, 1.807) is 6.07 Å². The predicted molar refractivity (Wildman–Crippen MR) is 65.4 cm³/mol. The van der Waals surface area contributed by atoms with E-state index in [0.29, 0.717) is 30.2 Å². The first-order valence-corrected chi connectivity index (χ1v) is 6.77. The molecule has 4 heteroatoms. The first-order valence-electron chi connectivity index (χ1n) is 6.77. The van der Waals surface area contributed by atoms with Crippen LogP contribution in [-0.4, -0.2) is 5.11 Å². The number of hydrogen-bond acceptors (Lipinski definition) is 1. The molecule has 3 rings (SSSR count). The molecular formula is C15H17F3O. The van der Waals surface area contributed by atoms with Crippen LogP contribution in [0.4, 0.5) is 13.2 Å². The van der Waals surface area contributed by atoms with E-state index in [9.17, 15) is 18.3 Å². The van der Waals surface area contributed by atoms with Gasteiger partial charge in [0.25, 0.3) is 0 Å². The molecule has 1 N–H and O–H groups in total. The molecule has 0 saturated heterocycles. The molecule has 0 aromatic heterocycles. The molecule has 0 amide bonds. The van der Waals surface area contributed by atoms with E-state index < -0.39 is 17.3 Å². The second kappa shape index (κ2) is 4.23. The molecule has 0 radical (unpaired) electrons. The van der Waals surface area contributed by atoms with E-state index in [1.807, 2.05) is 0 Å².